The fourth-order valence-corrected chi connectivity index (χ4v) is 4.63. The Kier molecular flexibility index (Phi) is 2.00. The molecule has 1 aromatic rings. The van der Waals surface area contributed by atoms with Crippen molar-refractivity contribution < 1.29 is 0 Å². The molecule has 15 heavy (non-hydrogen) atoms. The second-order valence-electron chi connectivity index (χ2n) is 4.90. The number of rotatable bonds is 0. The molecule has 0 aromatic heterocycles. The summed E-state index contributed by atoms with van der Waals surface area (Å²) >= 11 is 2.06. The second kappa shape index (κ2) is 3.15. The lowest BCUT2D eigenvalue weighted by atomic mass is 9.71. The van der Waals surface area contributed by atoms with E-state index >= 15 is 0 Å². The van der Waals surface area contributed by atoms with E-state index in [4.69, 9.17) is 0 Å². The van der Waals surface area contributed by atoms with Crippen LogP contribution in [0.1, 0.15) is 32.3 Å². The van der Waals surface area contributed by atoms with Gasteiger partial charge in [-0.1, -0.05) is 36.8 Å². The molecule has 0 nitrogen and oxygen atoms in total. The van der Waals surface area contributed by atoms with Gasteiger partial charge in [-0.2, -0.15) is 0 Å². The summed E-state index contributed by atoms with van der Waals surface area (Å²) in [7, 11) is 0. The van der Waals surface area contributed by atoms with Crippen molar-refractivity contribution in [1.29, 1.82) is 0 Å². The van der Waals surface area contributed by atoms with Crippen molar-refractivity contribution in [3.63, 3.8) is 0 Å². The molecule has 1 heteroatoms. The molecule has 0 amide bonds. The molecular formula is C14H16S. The van der Waals surface area contributed by atoms with Crippen molar-refractivity contribution in [2.75, 3.05) is 0 Å². The van der Waals surface area contributed by atoms with Crippen molar-refractivity contribution in [2.45, 2.75) is 42.2 Å². The summed E-state index contributed by atoms with van der Waals surface area (Å²) in [6.07, 6.45) is 4.97. The van der Waals surface area contributed by atoms with Gasteiger partial charge >= 0.3 is 0 Å². The van der Waals surface area contributed by atoms with Gasteiger partial charge in [0.2, 0.25) is 0 Å². The van der Waals surface area contributed by atoms with Crippen LogP contribution in [0.25, 0.3) is 0 Å². The Hall–Kier alpha value is -0.690. The van der Waals surface area contributed by atoms with E-state index in [0.717, 1.165) is 0 Å². The van der Waals surface area contributed by atoms with Gasteiger partial charge in [-0.15, -0.1) is 11.8 Å². The average molecular weight is 216 g/mol. The number of thioether (sulfide) groups is 1. The zero-order valence-electron chi connectivity index (χ0n) is 9.29. The van der Waals surface area contributed by atoms with E-state index in [2.05, 4.69) is 56.0 Å². The predicted octanol–water partition coefficient (Wildman–Crippen LogP) is 4.16. The molecular weight excluding hydrogens is 200 g/mol. The Morgan fingerprint density at radius 2 is 2.13 bits per heavy atom. The van der Waals surface area contributed by atoms with Gasteiger partial charge in [0, 0.05) is 15.6 Å². The molecule has 3 rings (SSSR count). The molecule has 1 heterocycles. The minimum absolute atomic E-state index is 0.389. The Labute approximate surface area is 95.8 Å². The van der Waals surface area contributed by atoms with Crippen LogP contribution < -0.4 is 0 Å². The van der Waals surface area contributed by atoms with Crippen LogP contribution in [0.4, 0.5) is 0 Å². The van der Waals surface area contributed by atoms with Crippen LogP contribution in [0.15, 0.2) is 40.8 Å². The summed E-state index contributed by atoms with van der Waals surface area (Å²) in [6.45, 7) is 4.73. The van der Waals surface area contributed by atoms with Crippen molar-refractivity contribution in [3.05, 3.63) is 41.5 Å². The smallest absolute Gasteiger partial charge is 0.0395 e. The number of fused-ring (bicyclic) bond motifs is 3. The van der Waals surface area contributed by atoms with Gasteiger partial charge in [-0.05, 0) is 31.4 Å². The van der Waals surface area contributed by atoms with Crippen LogP contribution in [0.3, 0.4) is 0 Å². The van der Waals surface area contributed by atoms with Gasteiger partial charge in [-0.25, -0.2) is 0 Å². The van der Waals surface area contributed by atoms with Crippen LogP contribution >= 0.6 is 11.8 Å². The van der Waals surface area contributed by atoms with Gasteiger partial charge in [0.1, 0.15) is 0 Å². The first-order chi connectivity index (χ1) is 7.22. The highest BCUT2D eigenvalue weighted by Gasteiger charge is 2.45. The zero-order valence-corrected chi connectivity index (χ0v) is 10.1. The Morgan fingerprint density at radius 1 is 1.33 bits per heavy atom. The summed E-state index contributed by atoms with van der Waals surface area (Å²) in [6, 6.07) is 8.93. The molecule has 0 spiro atoms. The fraction of sp³-hybridized carbons (Fsp3) is 0.429. The molecule has 1 aromatic carbocycles. The monoisotopic (exact) mass is 216 g/mol. The minimum Gasteiger partial charge on any atom is -0.117 e. The van der Waals surface area contributed by atoms with Gasteiger partial charge in [-0.3, -0.25) is 0 Å². The molecule has 78 valence electrons. The summed E-state index contributed by atoms with van der Waals surface area (Å²) in [5.41, 5.74) is 3.54. The van der Waals surface area contributed by atoms with E-state index in [1.807, 2.05) is 0 Å². The Morgan fingerprint density at radius 3 is 3.00 bits per heavy atom. The Balaban J connectivity index is 2.16. The minimum atomic E-state index is 0.389. The summed E-state index contributed by atoms with van der Waals surface area (Å²) < 4.78 is 0. The van der Waals surface area contributed by atoms with Crippen molar-refractivity contribution >= 4 is 11.8 Å². The summed E-state index contributed by atoms with van der Waals surface area (Å²) in [5, 5.41) is 0.684. The molecule has 1 aliphatic heterocycles. The van der Waals surface area contributed by atoms with Gasteiger partial charge < -0.3 is 0 Å². The molecule has 0 bridgehead atoms. The van der Waals surface area contributed by atoms with Crippen LogP contribution in [0, 0.1) is 0 Å². The molecule has 0 saturated carbocycles. The highest BCUT2D eigenvalue weighted by molar-refractivity contribution is 8.00. The molecule has 0 fully saturated rings. The molecule has 2 atom stereocenters. The highest BCUT2D eigenvalue weighted by atomic mass is 32.2. The van der Waals surface area contributed by atoms with Gasteiger partial charge in [0.25, 0.3) is 0 Å². The second-order valence-corrected chi connectivity index (χ2v) is 6.05. The number of hydrogen-bond acceptors (Lipinski definition) is 1. The molecule has 2 aliphatic rings. The predicted molar refractivity (Wildman–Crippen MR) is 66.4 cm³/mol. The maximum Gasteiger partial charge on any atom is 0.0395 e. The van der Waals surface area contributed by atoms with Crippen molar-refractivity contribution in [2.24, 2.45) is 0 Å². The Bertz CT molecular complexity index is 433. The van der Waals surface area contributed by atoms with Crippen LogP contribution in [0.2, 0.25) is 0 Å². The fourth-order valence-electron chi connectivity index (χ4n) is 3.01. The molecule has 0 N–H and O–H groups in total. The first kappa shape index (κ1) is 9.53. The van der Waals surface area contributed by atoms with E-state index < -0.39 is 0 Å². The third-order valence-electron chi connectivity index (χ3n) is 3.87. The largest absolute Gasteiger partial charge is 0.117 e. The lowest BCUT2D eigenvalue weighted by Crippen LogP contribution is -2.33. The maximum atomic E-state index is 2.44. The molecule has 2 unspecified atom stereocenters. The molecule has 1 aliphatic carbocycles. The summed E-state index contributed by atoms with van der Waals surface area (Å²) in [4.78, 5) is 1.50. The number of hydrogen-bond donors (Lipinski definition) is 0. The zero-order chi connectivity index (χ0) is 10.5. The van der Waals surface area contributed by atoms with Crippen LogP contribution in [-0.4, -0.2) is 5.25 Å². The normalized spacial score (nSPS) is 33.2. The van der Waals surface area contributed by atoms with E-state index in [1.165, 1.54) is 17.7 Å². The topological polar surface area (TPSA) is 0 Å². The molecule has 0 radical (unpaired) electrons. The lowest BCUT2D eigenvalue weighted by Gasteiger charge is -2.35. The van der Waals surface area contributed by atoms with Crippen molar-refractivity contribution in [3.8, 4) is 0 Å². The van der Waals surface area contributed by atoms with E-state index in [9.17, 15) is 0 Å². The maximum absolute atomic E-state index is 2.44. The third kappa shape index (κ3) is 1.22. The van der Waals surface area contributed by atoms with E-state index in [-0.39, 0.29) is 0 Å². The average Bonchev–Trinajstić information content (AvgIpc) is 2.54. The van der Waals surface area contributed by atoms with Crippen LogP contribution in [-0.2, 0) is 5.41 Å². The van der Waals surface area contributed by atoms with Crippen LogP contribution in [0.5, 0.6) is 0 Å². The highest BCUT2D eigenvalue weighted by Crippen LogP contribution is 2.55. The standard InChI is InChI=1S/C14H16S/c1-10-6-5-9-14(2)11-7-3-4-8-12(11)15-13(10)14/h3-4,6-8,13H,5,9H2,1-2H3. The van der Waals surface area contributed by atoms with Gasteiger partial charge in [0.15, 0.2) is 0 Å². The van der Waals surface area contributed by atoms with Crippen molar-refractivity contribution in [1.82, 2.24) is 0 Å². The molecule has 0 saturated heterocycles. The van der Waals surface area contributed by atoms with Gasteiger partial charge in [0.05, 0.1) is 0 Å². The first-order valence-electron chi connectivity index (χ1n) is 5.65. The number of benzene rings is 1. The SMILES string of the molecule is CC1=CCCC2(C)c3ccccc3SC12. The summed E-state index contributed by atoms with van der Waals surface area (Å²) in [5.74, 6) is 0. The van der Waals surface area contributed by atoms with E-state index in [0.29, 0.717) is 10.7 Å². The third-order valence-corrected chi connectivity index (χ3v) is 5.61. The van der Waals surface area contributed by atoms with E-state index in [1.54, 1.807) is 11.1 Å². The number of allylic oxidation sites excluding steroid dienone is 1. The lowest BCUT2D eigenvalue weighted by molar-refractivity contribution is 0.431. The first-order valence-corrected chi connectivity index (χ1v) is 6.52. The quantitative estimate of drug-likeness (QED) is 0.587.